The third-order valence-electron chi connectivity index (χ3n) is 2.04. The second-order valence-electron chi connectivity index (χ2n) is 3.17. The molecule has 1 heterocycles. The molecule has 1 aliphatic rings. The summed E-state index contributed by atoms with van der Waals surface area (Å²) in [7, 11) is -3.77. The van der Waals surface area contributed by atoms with Crippen LogP contribution in [-0.4, -0.2) is 26.0 Å². The molecular formula is C8H7IN2O4S. The molecule has 1 saturated heterocycles. The highest BCUT2D eigenvalue weighted by Gasteiger charge is 2.34. The minimum atomic E-state index is -3.77. The van der Waals surface area contributed by atoms with E-state index in [1.165, 1.54) is 18.2 Å². The predicted octanol–water partition coefficient (Wildman–Crippen LogP) is 0.178. The highest BCUT2D eigenvalue weighted by molar-refractivity contribution is 14.1. The van der Waals surface area contributed by atoms with Gasteiger partial charge in [0.05, 0.1) is 9.26 Å². The Hall–Kier alpha value is -1.03. The molecule has 1 aromatic rings. The number of rotatable bonds is 1. The van der Waals surface area contributed by atoms with Gasteiger partial charge in [-0.1, -0.05) is 0 Å². The SMILES string of the molecule is O=C1CN(c2ccc(O)c(I)c2)S(=O)(=O)N1. The topological polar surface area (TPSA) is 86.7 Å². The number of halogens is 1. The van der Waals surface area contributed by atoms with Crippen LogP contribution in [0.1, 0.15) is 0 Å². The third-order valence-corrected chi connectivity index (χ3v) is 4.31. The molecule has 1 fully saturated rings. The molecule has 2 N–H and O–H groups in total. The van der Waals surface area contributed by atoms with E-state index in [-0.39, 0.29) is 12.3 Å². The lowest BCUT2D eigenvalue weighted by Gasteiger charge is -2.14. The van der Waals surface area contributed by atoms with Crippen molar-refractivity contribution in [2.24, 2.45) is 0 Å². The van der Waals surface area contributed by atoms with Gasteiger partial charge in [0.15, 0.2) is 0 Å². The van der Waals surface area contributed by atoms with Gasteiger partial charge in [-0.15, -0.1) is 0 Å². The summed E-state index contributed by atoms with van der Waals surface area (Å²) in [5.41, 5.74) is 0.348. The van der Waals surface area contributed by atoms with Gasteiger partial charge in [0.2, 0.25) is 0 Å². The number of anilines is 1. The summed E-state index contributed by atoms with van der Waals surface area (Å²) in [5.74, 6) is -0.497. The number of benzene rings is 1. The van der Waals surface area contributed by atoms with Crippen LogP contribution in [0.5, 0.6) is 5.75 Å². The van der Waals surface area contributed by atoms with Gasteiger partial charge in [-0.2, -0.15) is 8.42 Å². The molecule has 0 aromatic heterocycles. The van der Waals surface area contributed by atoms with Gasteiger partial charge in [0.25, 0.3) is 5.91 Å². The lowest BCUT2D eigenvalue weighted by atomic mass is 10.3. The number of hydrogen-bond donors (Lipinski definition) is 2. The maximum atomic E-state index is 11.5. The maximum absolute atomic E-state index is 11.5. The number of nitrogens with zero attached hydrogens (tertiary/aromatic N) is 1. The first kappa shape index (κ1) is 11.5. The Bertz CT molecular complexity index is 557. The summed E-state index contributed by atoms with van der Waals surface area (Å²) in [5, 5.41) is 9.31. The molecule has 86 valence electrons. The van der Waals surface area contributed by atoms with E-state index in [9.17, 15) is 18.3 Å². The molecule has 2 rings (SSSR count). The number of carbonyl (C=O) groups excluding carboxylic acids is 1. The van der Waals surface area contributed by atoms with E-state index >= 15 is 0 Å². The molecule has 0 unspecified atom stereocenters. The summed E-state index contributed by atoms with van der Waals surface area (Å²) in [4.78, 5) is 11.0. The first-order valence-corrected chi connectivity index (χ1v) is 6.74. The fourth-order valence-corrected chi connectivity index (χ4v) is 2.97. The van der Waals surface area contributed by atoms with Gasteiger partial charge in [-0.25, -0.2) is 9.03 Å². The smallest absolute Gasteiger partial charge is 0.326 e. The Labute approximate surface area is 106 Å². The number of phenolic OH excluding ortho intramolecular Hbond substituents is 1. The van der Waals surface area contributed by atoms with Crippen LogP contribution < -0.4 is 9.03 Å². The highest BCUT2D eigenvalue weighted by Crippen LogP contribution is 2.27. The lowest BCUT2D eigenvalue weighted by molar-refractivity contribution is -0.117. The number of carbonyl (C=O) groups is 1. The molecule has 1 aliphatic heterocycles. The summed E-state index contributed by atoms with van der Waals surface area (Å²) < 4.78 is 26.3. The second kappa shape index (κ2) is 3.77. The number of phenols is 1. The average Bonchev–Trinajstić information content (AvgIpc) is 2.44. The fraction of sp³-hybridized carbons (Fsp3) is 0.125. The van der Waals surface area contributed by atoms with Crippen molar-refractivity contribution in [3.8, 4) is 5.75 Å². The van der Waals surface area contributed by atoms with E-state index in [2.05, 4.69) is 0 Å². The Morgan fingerprint density at radius 1 is 1.44 bits per heavy atom. The molecule has 8 heteroatoms. The van der Waals surface area contributed by atoms with Crippen LogP contribution in [0.3, 0.4) is 0 Å². The van der Waals surface area contributed by atoms with Crippen LogP contribution in [0.25, 0.3) is 0 Å². The van der Waals surface area contributed by atoms with E-state index < -0.39 is 16.1 Å². The van der Waals surface area contributed by atoms with Crippen molar-refractivity contribution in [2.45, 2.75) is 0 Å². The molecule has 0 aliphatic carbocycles. The molecular weight excluding hydrogens is 347 g/mol. The number of aromatic hydroxyl groups is 1. The minimum absolute atomic E-state index is 0.0697. The van der Waals surface area contributed by atoms with Gasteiger partial charge in [-0.05, 0) is 40.8 Å². The lowest BCUT2D eigenvalue weighted by Crippen LogP contribution is -2.29. The highest BCUT2D eigenvalue weighted by atomic mass is 127. The second-order valence-corrected chi connectivity index (χ2v) is 5.93. The monoisotopic (exact) mass is 354 g/mol. The minimum Gasteiger partial charge on any atom is -0.507 e. The molecule has 0 bridgehead atoms. The Morgan fingerprint density at radius 2 is 2.12 bits per heavy atom. The van der Waals surface area contributed by atoms with E-state index in [0.29, 0.717) is 9.26 Å². The molecule has 0 radical (unpaired) electrons. The van der Waals surface area contributed by atoms with Crippen molar-refractivity contribution in [1.29, 1.82) is 0 Å². The molecule has 0 saturated carbocycles. The quantitative estimate of drug-likeness (QED) is 0.705. The predicted molar refractivity (Wildman–Crippen MR) is 65.2 cm³/mol. The van der Waals surface area contributed by atoms with E-state index in [4.69, 9.17) is 0 Å². The number of nitrogens with one attached hydrogen (secondary N) is 1. The van der Waals surface area contributed by atoms with Crippen molar-refractivity contribution in [3.05, 3.63) is 21.8 Å². The summed E-state index contributed by atoms with van der Waals surface area (Å²) in [6.07, 6.45) is 0. The molecule has 6 nitrogen and oxygen atoms in total. The molecule has 1 aromatic carbocycles. The molecule has 0 spiro atoms. The normalized spacial score (nSPS) is 18.6. The Kier molecular flexibility index (Phi) is 2.70. The molecule has 16 heavy (non-hydrogen) atoms. The van der Waals surface area contributed by atoms with E-state index in [1.807, 2.05) is 27.3 Å². The maximum Gasteiger partial charge on any atom is 0.326 e. The van der Waals surface area contributed by atoms with Gasteiger partial charge in [0, 0.05) is 0 Å². The fourth-order valence-electron chi connectivity index (χ4n) is 1.33. The van der Waals surface area contributed by atoms with Crippen LogP contribution in [0.15, 0.2) is 18.2 Å². The Balaban J connectivity index is 2.45. The zero-order chi connectivity index (χ0) is 11.9. The Morgan fingerprint density at radius 3 is 2.62 bits per heavy atom. The van der Waals surface area contributed by atoms with Crippen molar-refractivity contribution in [1.82, 2.24) is 4.72 Å². The van der Waals surface area contributed by atoms with Crippen LogP contribution in [0.2, 0.25) is 0 Å². The largest absolute Gasteiger partial charge is 0.507 e. The van der Waals surface area contributed by atoms with Crippen molar-refractivity contribution in [3.63, 3.8) is 0 Å². The summed E-state index contributed by atoms with van der Waals surface area (Å²) in [6, 6.07) is 4.32. The summed E-state index contributed by atoms with van der Waals surface area (Å²) >= 11 is 1.88. The van der Waals surface area contributed by atoms with E-state index in [0.717, 1.165) is 4.31 Å². The van der Waals surface area contributed by atoms with Crippen molar-refractivity contribution in [2.75, 3.05) is 10.8 Å². The van der Waals surface area contributed by atoms with Crippen molar-refractivity contribution >= 4 is 44.4 Å². The average molecular weight is 354 g/mol. The van der Waals surface area contributed by atoms with Crippen LogP contribution in [-0.2, 0) is 15.0 Å². The number of hydrogen-bond acceptors (Lipinski definition) is 4. The third kappa shape index (κ3) is 1.94. The van der Waals surface area contributed by atoms with E-state index in [1.54, 1.807) is 0 Å². The zero-order valence-corrected chi connectivity index (χ0v) is 10.8. The summed E-state index contributed by atoms with van der Waals surface area (Å²) in [6.45, 7) is -0.233. The standard InChI is InChI=1S/C8H7IN2O4S/c9-6-3-5(1-2-7(6)12)11-4-8(13)10-16(11,14)15/h1-3,12H,4H2,(H,10,13). The first-order chi connectivity index (χ1) is 7.40. The van der Waals surface area contributed by atoms with Gasteiger partial charge >= 0.3 is 10.2 Å². The van der Waals surface area contributed by atoms with Crippen LogP contribution in [0.4, 0.5) is 5.69 Å². The van der Waals surface area contributed by atoms with Crippen LogP contribution in [0, 0.1) is 3.57 Å². The van der Waals surface area contributed by atoms with Crippen molar-refractivity contribution < 1.29 is 18.3 Å². The van der Waals surface area contributed by atoms with Gasteiger partial charge in [-0.3, -0.25) is 4.79 Å². The molecule has 0 atom stereocenters. The van der Waals surface area contributed by atoms with Crippen LogP contribution >= 0.6 is 22.6 Å². The molecule has 1 amide bonds. The van der Waals surface area contributed by atoms with Gasteiger partial charge < -0.3 is 5.11 Å². The number of amides is 1. The zero-order valence-electron chi connectivity index (χ0n) is 7.84. The van der Waals surface area contributed by atoms with Gasteiger partial charge in [0.1, 0.15) is 12.3 Å². The first-order valence-electron chi connectivity index (χ1n) is 4.22.